The van der Waals surface area contributed by atoms with Gasteiger partial charge in [0, 0.05) is 25.5 Å². The first-order valence-electron chi connectivity index (χ1n) is 8.81. The van der Waals surface area contributed by atoms with Gasteiger partial charge in [-0.25, -0.2) is 13.4 Å². The van der Waals surface area contributed by atoms with Gasteiger partial charge < -0.3 is 10.2 Å². The minimum absolute atomic E-state index is 0.142. The van der Waals surface area contributed by atoms with Gasteiger partial charge in [0.25, 0.3) is 15.9 Å². The van der Waals surface area contributed by atoms with Gasteiger partial charge in [-0.2, -0.15) is 0 Å². The number of hydrogen-bond donors (Lipinski definition) is 2. The van der Waals surface area contributed by atoms with E-state index in [0.29, 0.717) is 16.3 Å². The molecule has 0 spiro atoms. The van der Waals surface area contributed by atoms with E-state index in [0.717, 1.165) is 22.6 Å². The minimum Gasteiger partial charge on any atom is -0.378 e. The van der Waals surface area contributed by atoms with Crippen molar-refractivity contribution < 1.29 is 13.2 Å². The lowest BCUT2D eigenvalue weighted by Gasteiger charge is -2.12. The largest absolute Gasteiger partial charge is 0.378 e. The molecule has 1 amide bonds. The summed E-state index contributed by atoms with van der Waals surface area (Å²) < 4.78 is 27.5. The van der Waals surface area contributed by atoms with Crippen molar-refractivity contribution in [3.05, 3.63) is 64.7 Å². The monoisotopic (exact) mass is 430 g/mol. The summed E-state index contributed by atoms with van der Waals surface area (Å²) in [5, 5.41) is 2.96. The number of benzene rings is 2. The zero-order chi connectivity index (χ0) is 21.2. The predicted octanol–water partition coefficient (Wildman–Crippen LogP) is 3.88. The number of sulfonamides is 1. The molecule has 0 atom stereocenters. The molecule has 2 aromatic carbocycles. The number of nitrogens with zero attached hydrogens (tertiary/aromatic N) is 2. The average molecular weight is 431 g/mol. The summed E-state index contributed by atoms with van der Waals surface area (Å²) >= 11 is 0.998. The molecule has 0 aliphatic heterocycles. The van der Waals surface area contributed by atoms with Gasteiger partial charge in [-0.3, -0.25) is 9.52 Å². The number of carbonyl (C=O) groups excluding carboxylic acids is 1. The average Bonchev–Trinajstić information content (AvgIpc) is 3.02. The Bertz CT molecular complexity index is 1120. The number of hydrogen-bond acceptors (Lipinski definition) is 6. The van der Waals surface area contributed by atoms with Crippen molar-refractivity contribution in [2.24, 2.45) is 0 Å². The fourth-order valence-corrected chi connectivity index (χ4v) is 4.67. The summed E-state index contributed by atoms with van der Waals surface area (Å²) in [6.07, 6.45) is 0. The van der Waals surface area contributed by atoms with E-state index in [4.69, 9.17) is 0 Å². The number of rotatable bonds is 6. The van der Waals surface area contributed by atoms with Crippen LogP contribution in [0.4, 0.5) is 16.5 Å². The Kier molecular flexibility index (Phi) is 5.90. The van der Waals surface area contributed by atoms with Crippen LogP contribution >= 0.6 is 11.3 Å². The second-order valence-corrected chi connectivity index (χ2v) is 9.43. The third kappa shape index (κ3) is 4.93. The van der Waals surface area contributed by atoms with Gasteiger partial charge in [0.2, 0.25) is 0 Å². The third-order valence-electron chi connectivity index (χ3n) is 4.20. The Morgan fingerprint density at radius 1 is 1.00 bits per heavy atom. The van der Waals surface area contributed by atoms with Crippen LogP contribution in [0.3, 0.4) is 0 Å². The number of carbonyl (C=O) groups is 1. The minimum atomic E-state index is -3.77. The fourth-order valence-electron chi connectivity index (χ4n) is 2.57. The molecule has 9 heteroatoms. The summed E-state index contributed by atoms with van der Waals surface area (Å²) in [4.78, 5) is 19.3. The molecule has 2 N–H and O–H groups in total. The van der Waals surface area contributed by atoms with Gasteiger partial charge in [0.05, 0.1) is 10.6 Å². The van der Waals surface area contributed by atoms with Crippen LogP contribution in [0, 0.1) is 13.8 Å². The molecular formula is C20H22N4O3S2. The first kappa shape index (κ1) is 20.8. The number of amides is 1. The van der Waals surface area contributed by atoms with Crippen molar-refractivity contribution >= 4 is 43.8 Å². The highest BCUT2D eigenvalue weighted by atomic mass is 32.2. The van der Waals surface area contributed by atoms with Crippen LogP contribution in [0.1, 0.15) is 20.9 Å². The van der Waals surface area contributed by atoms with Crippen LogP contribution in [0.5, 0.6) is 0 Å². The van der Waals surface area contributed by atoms with Crippen molar-refractivity contribution in [2.45, 2.75) is 18.7 Å². The van der Waals surface area contributed by atoms with Crippen molar-refractivity contribution in [1.29, 1.82) is 0 Å². The topological polar surface area (TPSA) is 91.4 Å². The maximum atomic E-state index is 12.6. The molecule has 0 unspecified atom stereocenters. The van der Waals surface area contributed by atoms with Gasteiger partial charge in [0.1, 0.15) is 4.88 Å². The highest BCUT2D eigenvalue weighted by molar-refractivity contribution is 7.93. The molecule has 0 fully saturated rings. The van der Waals surface area contributed by atoms with Gasteiger partial charge in [-0.05, 0) is 50.2 Å². The molecular weight excluding hydrogens is 408 g/mol. The van der Waals surface area contributed by atoms with E-state index < -0.39 is 10.0 Å². The van der Waals surface area contributed by atoms with Crippen LogP contribution in [0.25, 0.3) is 0 Å². The van der Waals surface area contributed by atoms with Gasteiger partial charge in [0.15, 0.2) is 5.13 Å². The summed E-state index contributed by atoms with van der Waals surface area (Å²) in [6, 6.07) is 13.9. The lowest BCUT2D eigenvalue weighted by Crippen LogP contribution is -2.12. The molecule has 3 rings (SSSR count). The van der Waals surface area contributed by atoms with Gasteiger partial charge in [-0.15, -0.1) is 0 Å². The van der Waals surface area contributed by atoms with E-state index in [1.54, 1.807) is 19.1 Å². The third-order valence-corrected chi connectivity index (χ3v) is 6.75. The Morgan fingerprint density at radius 2 is 1.62 bits per heavy atom. The summed E-state index contributed by atoms with van der Waals surface area (Å²) in [6.45, 7) is 3.55. The Balaban J connectivity index is 1.75. The van der Waals surface area contributed by atoms with E-state index in [1.165, 1.54) is 12.1 Å². The number of aromatic nitrogens is 1. The highest BCUT2D eigenvalue weighted by Gasteiger charge is 2.20. The molecule has 0 radical (unpaired) electrons. The Labute approximate surface area is 174 Å². The lowest BCUT2D eigenvalue weighted by molar-refractivity contribution is 0.103. The fraction of sp³-hybridized carbons (Fsp3) is 0.200. The van der Waals surface area contributed by atoms with Crippen LogP contribution in [0.2, 0.25) is 0 Å². The Hall–Kier alpha value is -2.91. The first-order valence-corrected chi connectivity index (χ1v) is 11.1. The molecule has 0 aliphatic carbocycles. The molecule has 0 saturated heterocycles. The van der Waals surface area contributed by atoms with E-state index in [1.807, 2.05) is 50.2 Å². The number of aryl methyl sites for hydroxylation is 2. The Morgan fingerprint density at radius 3 is 2.21 bits per heavy atom. The standard InChI is InChI=1S/C20H22N4O3S2/c1-13-5-11-17(12-6-13)29(26,27)23-20-21-14(2)18(28-20)19(25)22-15-7-9-16(10-8-15)24(3)4/h5-12H,1-4H3,(H,21,23)(H,22,25). The van der Waals surface area contributed by atoms with E-state index in [2.05, 4.69) is 15.0 Å². The first-order chi connectivity index (χ1) is 13.7. The zero-order valence-corrected chi connectivity index (χ0v) is 18.2. The van der Waals surface area contributed by atoms with E-state index >= 15 is 0 Å². The van der Waals surface area contributed by atoms with Crippen LogP contribution in [-0.2, 0) is 10.0 Å². The molecule has 0 aliphatic rings. The molecule has 1 heterocycles. The molecule has 3 aromatic rings. The summed E-state index contributed by atoms with van der Waals surface area (Å²) in [5.41, 5.74) is 3.09. The predicted molar refractivity (Wildman–Crippen MR) is 118 cm³/mol. The van der Waals surface area contributed by atoms with Crippen molar-refractivity contribution in [1.82, 2.24) is 4.98 Å². The number of nitrogens with one attached hydrogen (secondary N) is 2. The second-order valence-electron chi connectivity index (χ2n) is 6.75. The smallest absolute Gasteiger partial charge is 0.267 e. The highest BCUT2D eigenvalue weighted by Crippen LogP contribution is 2.26. The van der Waals surface area contributed by atoms with Gasteiger partial charge in [-0.1, -0.05) is 29.0 Å². The van der Waals surface area contributed by atoms with E-state index in [-0.39, 0.29) is 15.9 Å². The number of anilines is 3. The normalized spacial score (nSPS) is 11.2. The lowest BCUT2D eigenvalue weighted by atomic mass is 10.2. The SMILES string of the molecule is Cc1ccc(S(=O)(=O)Nc2nc(C)c(C(=O)Nc3ccc(N(C)C)cc3)s2)cc1. The van der Waals surface area contributed by atoms with Crippen LogP contribution < -0.4 is 14.9 Å². The quantitative estimate of drug-likeness (QED) is 0.619. The second kappa shape index (κ2) is 8.22. The van der Waals surface area contributed by atoms with Gasteiger partial charge >= 0.3 is 0 Å². The zero-order valence-electron chi connectivity index (χ0n) is 16.6. The molecule has 1 aromatic heterocycles. The summed E-state index contributed by atoms with van der Waals surface area (Å²) in [7, 11) is 0.106. The van der Waals surface area contributed by atoms with E-state index in [9.17, 15) is 13.2 Å². The van der Waals surface area contributed by atoms with Crippen molar-refractivity contribution in [3.63, 3.8) is 0 Å². The van der Waals surface area contributed by atoms with Crippen molar-refractivity contribution in [2.75, 3.05) is 29.0 Å². The molecule has 0 saturated carbocycles. The van der Waals surface area contributed by atoms with Crippen LogP contribution in [-0.4, -0.2) is 33.4 Å². The maximum absolute atomic E-state index is 12.6. The molecule has 152 valence electrons. The maximum Gasteiger partial charge on any atom is 0.267 e. The van der Waals surface area contributed by atoms with Crippen LogP contribution in [0.15, 0.2) is 53.4 Å². The van der Waals surface area contributed by atoms with Crippen molar-refractivity contribution in [3.8, 4) is 0 Å². The molecule has 0 bridgehead atoms. The number of thiazole rings is 1. The summed E-state index contributed by atoms with van der Waals surface area (Å²) in [5.74, 6) is -0.335. The molecule has 7 nitrogen and oxygen atoms in total. The molecule has 29 heavy (non-hydrogen) atoms.